The minimum absolute atomic E-state index is 0.0295. The fourth-order valence-electron chi connectivity index (χ4n) is 4.34. The third-order valence-electron chi connectivity index (χ3n) is 6.65. The van der Waals surface area contributed by atoms with E-state index in [9.17, 15) is 18.3 Å². The van der Waals surface area contributed by atoms with E-state index in [1.54, 1.807) is 18.2 Å². The van der Waals surface area contributed by atoms with Gasteiger partial charge < -0.3 is 15.2 Å². The highest BCUT2D eigenvalue weighted by Crippen LogP contribution is 2.36. The molecule has 0 radical (unpaired) electrons. The van der Waals surface area contributed by atoms with E-state index in [0.717, 1.165) is 5.56 Å². The molecule has 34 heavy (non-hydrogen) atoms. The Kier molecular flexibility index (Phi) is 8.70. The number of para-hydroxylation sites is 1. The molecular formula is C25H35N3O5S. The number of nitrogens with one attached hydrogen (secondary N) is 2. The molecule has 3 N–H and O–H groups in total. The van der Waals surface area contributed by atoms with Crippen LogP contribution in [-0.2, 0) is 15.6 Å². The minimum atomic E-state index is -3.74. The van der Waals surface area contributed by atoms with Gasteiger partial charge in [-0.25, -0.2) is 0 Å². The third-order valence-corrected chi connectivity index (χ3v) is 8.29. The van der Waals surface area contributed by atoms with Crippen molar-refractivity contribution in [3.05, 3.63) is 65.7 Å². The SMILES string of the molecule is COc1ccccc1C(=O)NCC1(c2ccccc2)CCN(S(=O)(=O)NC(CO)C(C)C)CC1. The van der Waals surface area contributed by atoms with E-state index in [2.05, 4.69) is 10.0 Å². The number of hydrogen-bond donors (Lipinski definition) is 3. The van der Waals surface area contributed by atoms with Gasteiger partial charge in [0.2, 0.25) is 0 Å². The van der Waals surface area contributed by atoms with Crippen LogP contribution in [0, 0.1) is 5.92 Å². The minimum Gasteiger partial charge on any atom is -0.496 e. The van der Waals surface area contributed by atoms with Crippen LogP contribution in [0.1, 0.15) is 42.6 Å². The Morgan fingerprint density at radius 1 is 1.09 bits per heavy atom. The van der Waals surface area contributed by atoms with Crippen molar-refractivity contribution in [2.24, 2.45) is 5.92 Å². The average Bonchev–Trinajstić information content (AvgIpc) is 2.86. The molecule has 1 unspecified atom stereocenters. The smallest absolute Gasteiger partial charge is 0.279 e. The lowest BCUT2D eigenvalue weighted by Crippen LogP contribution is -2.54. The van der Waals surface area contributed by atoms with Crippen molar-refractivity contribution in [3.8, 4) is 5.75 Å². The number of piperidine rings is 1. The predicted octanol–water partition coefficient (Wildman–Crippen LogP) is 2.31. The van der Waals surface area contributed by atoms with Gasteiger partial charge in [0.25, 0.3) is 16.1 Å². The van der Waals surface area contributed by atoms with Crippen LogP contribution in [0.4, 0.5) is 0 Å². The maximum atomic E-state index is 13.0. The molecule has 2 aromatic rings. The lowest BCUT2D eigenvalue weighted by Gasteiger charge is -2.42. The number of hydrogen-bond acceptors (Lipinski definition) is 5. The first-order valence-electron chi connectivity index (χ1n) is 11.6. The number of aliphatic hydroxyl groups is 1. The molecule has 8 nitrogen and oxygen atoms in total. The van der Waals surface area contributed by atoms with Crippen molar-refractivity contribution >= 4 is 16.1 Å². The highest BCUT2D eigenvalue weighted by Gasteiger charge is 2.40. The monoisotopic (exact) mass is 489 g/mol. The zero-order valence-corrected chi connectivity index (χ0v) is 20.8. The fourth-order valence-corrected chi connectivity index (χ4v) is 5.88. The summed E-state index contributed by atoms with van der Waals surface area (Å²) in [7, 11) is -2.21. The van der Waals surface area contributed by atoms with Gasteiger partial charge in [0, 0.05) is 31.1 Å². The zero-order chi connectivity index (χ0) is 24.8. The van der Waals surface area contributed by atoms with Crippen molar-refractivity contribution in [2.75, 3.05) is 33.4 Å². The number of carbonyl (C=O) groups is 1. The van der Waals surface area contributed by atoms with Crippen molar-refractivity contribution < 1.29 is 23.1 Å². The molecule has 0 spiro atoms. The van der Waals surface area contributed by atoms with Crippen molar-refractivity contribution in [3.63, 3.8) is 0 Å². The molecule has 1 fully saturated rings. The van der Waals surface area contributed by atoms with Gasteiger partial charge >= 0.3 is 0 Å². The molecular weight excluding hydrogens is 454 g/mol. The Labute approximate surface area is 202 Å². The normalized spacial score (nSPS) is 17.3. The van der Waals surface area contributed by atoms with Crippen LogP contribution >= 0.6 is 0 Å². The summed E-state index contributed by atoms with van der Waals surface area (Å²) in [5, 5.41) is 12.6. The standard InChI is InChI=1S/C25H35N3O5S/c1-19(2)22(17-29)27-34(31,32)28-15-13-25(14-16-28,20-9-5-4-6-10-20)18-26-24(30)21-11-7-8-12-23(21)33-3/h4-12,19,22,27,29H,13-18H2,1-3H3,(H,26,30). The van der Waals surface area contributed by atoms with Gasteiger partial charge in [0.15, 0.2) is 0 Å². The fraction of sp³-hybridized carbons (Fsp3) is 0.480. The van der Waals surface area contributed by atoms with Crippen LogP contribution in [0.25, 0.3) is 0 Å². The summed E-state index contributed by atoms with van der Waals surface area (Å²) < 4.78 is 35.3. The summed E-state index contributed by atoms with van der Waals surface area (Å²) in [6.07, 6.45) is 1.10. The van der Waals surface area contributed by atoms with Crippen LogP contribution in [0.2, 0.25) is 0 Å². The first kappa shape index (κ1) is 26.2. The molecule has 1 atom stereocenters. The average molecular weight is 490 g/mol. The molecule has 3 rings (SSSR count). The molecule has 186 valence electrons. The maximum absolute atomic E-state index is 13.0. The highest BCUT2D eigenvalue weighted by atomic mass is 32.2. The van der Waals surface area contributed by atoms with Crippen molar-refractivity contribution in [1.29, 1.82) is 0 Å². The topological polar surface area (TPSA) is 108 Å². The number of nitrogens with zero attached hydrogens (tertiary/aromatic N) is 1. The molecule has 1 saturated heterocycles. The third kappa shape index (κ3) is 5.96. The van der Waals surface area contributed by atoms with Crippen LogP contribution in [0.3, 0.4) is 0 Å². The summed E-state index contributed by atoms with van der Waals surface area (Å²) >= 11 is 0. The summed E-state index contributed by atoms with van der Waals surface area (Å²) in [6.45, 7) is 4.47. The number of amides is 1. The van der Waals surface area contributed by atoms with Gasteiger partial charge in [-0.1, -0.05) is 56.3 Å². The lowest BCUT2D eigenvalue weighted by atomic mass is 9.73. The molecule has 1 aliphatic heterocycles. The zero-order valence-electron chi connectivity index (χ0n) is 20.0. The van der Waals surface area contributed by atoms with Gasteiger partial charge in [0.1, 0.15) is 5.75 Å². The quantitative estimate of drug-likeness (QED) is 0.475. The molecule has 2 aromatic carbocycles. The number of benzene rings is 2. The molecule has 0 aliphatic carbocycles. The van der Waals surface area contributed by atoms with E-state index in [1.165, 1.54) is 11.4 Å². The van der Waals surface area contributed by atoms with Gasteiger partial charge in [-0.05, 0) is 36.5 Å². The molecule has 0 bridgehead atoms. The Hall–Kier alpha value is -2.46. The highest BCUT2D eigenvalue weighted by molar-refractivity contribution is 7.87. The Balaban J connectivity index is 1.76. The number of methoxy groups -OCH3 is 1. The second kappa shape index (κ2) is 11.3. The van der Waals surface area contributed by atoms with E-state index >= 15 is 0 Å². The first-order chi connectivity index (χ1) is 16.2. The number of rotatable bonds is 10. The van der Waals surface area contributed by atoms with Crippen LogP contribution in [-0.4, -0.2) is 63.1 Å². The van der Waals surface area contributed by atoms with Crippen LogP contribution < -0.4 is 14.8 Å². The Bertz CT molecular complexity index is 1050. The van der Waals surface area contributed by atoms with Gasteiger partial charge in [-0.3, -0.25) is 4.79 Å². The Morgan fingerprint density at radius 2 is 1.71 bits per heavy atom. The van der Waals surface area contributed by atoms with Crippen LogP contribution in [0.5, 0.6) is 5.75 Å². The van der Waals surface area contributed by atoms with Gasteiger partial charge in [-0.15, -0.1) is 0 Å². The second-order valence-corrected chi connectivity index (χ2v) is 10.8. The molecule has 0 saturated carbocycles. The van der Waals surface area contributed by atoms with E-state index in [0.29, 0.717) is 43.8 Å². The van der Waals surface area contributed by atoms with Crippen molar-refractivity contribution in [1.82, 2.24) is 14.3 Å². The van der Waals surface area contributed by atoms with E-state index < -0.39 is 21.7 Å². The molecule has 9 heteroatoms. The second-order valence-electron chi connectivity index (χ2n) is 9.08. The number of aliphatic hydroxyl groups excluding tert-OH is 1. The van der Waals surface area contributed by atoms with Gasteiger partial charge in [0.05, 0.1) is 19.3 Å². The molecule has 1 aliphatic rings. The van der Waals surface area contributed by atoms with E-state index in [1.807, 2.05) is 50.2 Å². The number of ether oxygens (including phenoxy) is 1. The predicted molar refractivity (Wildman–Crippen MR) is 132 cm³/mol. The first-order valence-corrected chi connectivity index (χ1v) is 13.0. The maximum Gasteiger partial charge on any atom is 0.279 e. The summed E-state index contributed by atoms with van der Waals surface area (Å²) in [4.78, 5) is 13.0. The van der Waals surface area contributed by atoms with E-state index in [4.69, 9.17) is 4.74 Å². The molecule has 0 aromatic heterocycles. The van der Waals surface area contributed by atoms with Crippen LogP contribution in [0.15, 0.2) is 54.6 Å². The largest absolute Gasteiger partial charge is 0.496 e. The molecule has 1 amide bonds. The van der Waals surface area contributed by atoms with Crippen molar-refractivity contribution in [2.45, 2.75) is 38.1 Å². The summed E-state index contributed by atoms with van der Waals surface area (Å²) in [5.74, 6) is 0.245. The summed E-state index contributed by atoms with van der Waals surface area (Å²) in [5.41, 5.74) is 1.12. The van der Waals surface area contributed by atoms with E-state index in [-0.39, 0.29) is 18.4 Å². The summed E-state index contributed by atoms with van der Waals surface area (Å²) in [6, 6.07) is 16.4. The number of carbonyl (C=O) groups excluding carboxylic acids is 1. The van der Waals surface area contributed by atoms with Gasteiger partial charge in [-0.2, -0.15) is 17.4 Å². The lowest BCUT2D eigenvalue weighted by molar-refractivity contribution is 0.0929. The Morgan fingerprint density at radius 3 is 2.29 bits per heavy atom. The molecule has 1 heterocycles.